The highest BCUT2D eigenvalue weighted by Gasteiger charge is 2.10. The summed E-state index contributed by atoms with van der Waals surface area (Å²) in [7, 11) is 0. The summed E-state index contributed by atoms with van der Waals surface area (Å²) in [5, 5.41) is 19.9. The van der Waals surface area contributed by atoms with Gasteiger partial charge in [-0.05, 0) is 41.3 Å². The molecule has 5 N–H and O–H groups in total. The van der Waals surface area contributed by atoms with Crippen LogP contribution in [0.1, 0.15) is 11.6 Å². The van der Waals surface area contributed by atoms with Crippen LogP contribution in [-0.4, -0.2) is 11.7 Å². The first-order valence-corrected chi connectivity index (χ1v) is 7.37. The molecular formula is C18H18N4O. The number of benzene rings is 3. The van der Waals surface area contributed by atoms with Crippen molar-refractivity contribution in [3.63, 3.8) is 0 Å². The standard InChI is InChI=1S/C18H18N4O/c19-11-17(20)15-9-10-18(16-4-2-1-3-14(15)16)22-21-12-5-7-13(23)8-6-12/h1-10,17,23H,11,19-20H2. The van der Waals surface area contributed by atoms with Crippen molar-refractivity contribution in [3.05, 3.63) is 66.2 Å². The van der Waals surface area contributed by atoms with E-state index in [-0.39, 0.29) is 11.8 Å². The second-order valence-electron chi connectivity index (χ2n) is 5.28. The molecule has 0 aliphatic heterocycles. The predicted molar refractivity (Wildman–Crippen MR) is 92.2 cm³/mol. The summed E-state index contributed by atoms with van der Waals surface area (Å²) >= 11 is 0. The van der Waals surface area contributed by atoms with Crippen LogP contribution >= 0.6 is 0 Å². The number of phenols is 1. The zero-order valence-corrected chi connectivity index (χ0v) is 12.6. The first-order valence-electron chi connectivity index (χ1n) is 7.37. The van der Waals surface area contributed by atoms with Crippen molar-refractivity contribution in [1.82, 2.24) is 0 Å². The van der Waals surface area contributed by atoms with Crippen molar-refractivity contribution in [2.45, 2.75) is 6.04 Å². The fourth-order valence-corrected chi connectivity index (χ4v) is 2.47. The van der Waals surface area contributed by atoms with Crippen molar-refractivity contribution in [2.24, 2.45) is 21.7 Å². The fourth-order valence-electron chi connectivity index (χ4n) is 2.47. The van der Waals surface area contributed by atoms with Crippen LogP contribution in [0.2, 0.25) is 0 Å². The Labute approximate surface area is 134 Å². The molecule has 0 spiro atoms. The third kappa shape index (κ3) is 3.21. The summed E-state index contributed by atoms with van der Waals surface area (Å²) in [5.41, 5.74) is 14.2. The average Bonchev–Trinajstić information content (AvgIpc) is 2.60. The van der Waals surface area contributed by atoms with Gasteiger partial charge in [-0.15, -0.1) is 5.11 Å². The average molecular weight is 306 g/mol. The maximum Gasteiger partial charge on any atom is 0.115 e. The highest BCUT2D eigenvalue weighted by molar-refractivity contribution is 5.95. The molecule has 1 unspecified atom stereocenters. The molecule has 0 bridgehead atoms. The Morgan fingerprint density at radius 2 is 1.57 bits per heavy atom. The van der Waals surface area contributed by atoms with Gasteiger partial charge in [0.05, 0.1) is 11.4 Å². The van der Waals surface area contributed by atoms with Crippen LogP contribution < -0.4 is 11.5 Å². The molecule has 0 heterocycles. The molecule has 0 aliphatic carbocycles. The van der Waals surface area contributed by atoms with E-state index in [0.29, 0.717) is 12.2 Å². The van der Waals surface area contributed by atoms with E-state index in [0.717, 1.165) is 22.0 Å². The van der Waals surface area contributed by atoms with Gasteiger partial charge in [-0.3, -0.25) is 0 Å². The Kier molecular flexibility index (Phi) is 4.32. The van der Waals surface area contributed by atoms with Gasteiger partial charge < -0.3 is 16.6 Å². The minimum atomic E-state index is -0.206. The van der Waals surface area contributed by atoms with Gasteiger partial charge in [0.1, 0.15) is 5.75 Å². The molecule has 3 rings (SSSR count). The van der Waals surface area contributed by atoms with Crippen molar-refractivity contribution >= 4 is 22.1 Å². The predicted octanol–water partition coefficient (Wildman–Crippen LogP) is 3.92. The highest BCUT2D eigenvalue weighted by Crippen LogP contribution is 2.32. The lowest BCUT2D eigenvalue weighted by molar-refractivity contribution is 0.475. The molecule has 0 aliphatic rings. The van der Waals surface area contributed by atoms with Gasteiger partial charge in [0.2, 0.25) is 0 Å². The second kappa shape index (κ2) is 6.56. The summed E-state index contributed by atoms with van der Waals surface area (Å²) in [6, 6.07) is 18.2. The Morgan fingerprint density at radius 1 is 0.870 bits per heavy atom. The number of nitrogens with two attached hydrogens (primary N) is 2. The van der Waals surface area contributed by atoms with Gasteiger partial charge in [0.15, 0.2) is 0 Å². The molecular weight excluding hydrogens is 288 g/mol. The summed E-state index contributed by atoms with van der Waals surface area (Å²) in [4.78, 5) is 0. The smallest absolute Gasteiger partial charge is 0.115 e. The third-order valence-corrected chi connectivity index (χ3v) is 3.71. The van der Waals surface area contributed by atoms with Crippen LogP contribution in [0.25, 0.3) is 10.8 Å². The normalized spacial score (nSPS) is 12.8. The monoisotopic (exact) mass is 306 g/mol. The highest BCUT2D eigenvalue weighted by atomic mass is 16.3. The SMILES string of the molecule is NCC(N)c1ccc(N=Nc2ccc(O)cc2)c2ccccc12. The van der Waals surface area contributed by atoms with E-state index in [4.69, 9.17) is 11.5 Å². The van der Waals surface area contributed by atoms with E-state index in [1.165, 1.54) is 0 Å². The van der Waals surface area contributed by atoms with Crippen LogP contribution in [0.5, 0.6) is 5.75 Å². The molecule has 0 aromatic heterocycles. The lowest BCUT2D eigenvalue weighted by Crippen LogP contribution is -2.20. The van der Waals surface area contributed by atoms with E-state index >= 15 is 0 Å². The van der Waals surface area contributed by atoms with Gasteiger partial charge in [-0.2, -0.15) is 5.11 Å². The second-order valence-corrected chi connectivity index (χ2v) is 5.28. The van der Waals surface area contributed by atoms with Crippen molar-refractivity contribution in [3.8, 4) is 5.75 Å². The van der Waals surface area contributed by atoms with Crippen molar-refractivity contribution in [2.75, 3.05) is 6.54 Å². The Balaban J connectivity index is 2.03. The number of phenolic OH excluding ortho intramolecular Hbond substituents is 1. The third-order valence-electron chi connectivity index (χ3n) is 3.71. The topological polar surface area (TPSA) is 97.0 Å². The number of rotatable bonds is 4. The van der Waals surface area contributed by atoms with Gasteiger partial charge in [-0.25, -0.2) is 0 Å². The maximum absolute atomic E-state index is 9.29. The summed E-state index contributed by atoms with van der Waals surface area (Å²) in [5.74, 6) is 0.203. The number of nitrogens with zero attached hydrogens (tertiary/aromatic N) is 2. The lowest BCUT2D eigenvalue weighted by atomic mass is 9.98. The summed E-state index contributed by atoms with van der Waals surface area (Å²) < 4.78 is 0. The van der Waals surface area contributed by atoms with Crippen LogP contribution in [0.4, 0.5) is 11.4 Å². The minimum Gasteiger partial charge on any atom is -0.508 e. The van der Waals surface area contributed by atoms with Gasteiger partial charge in [0, 0.05) is 18.0 Å². The first kappa shape index (κ1) is 15.1. The maximum atomic E-state index is 9.29. The number of hydrogen-bond donors (Lipinski definition) is 3. The van der Waals surface area contributed by atoms with Crippen LogP contribution in [0.3, 0.4) is 0 Å². The lowest BCUT2D eigenvalue weighted by Gasteiger charge is -2.13. The van der Waals surface area contributed by atoms with Crippen molar-refractivity contribution in [1.29, 1.82) is 0 Å². The zero-order chi connectivity index (χ0) is 16.2. The van der Waals surface area contributed by atoms with E-state index in [9.17, 15) is 5.11 Å². The van der Waals surface area contributed by atoms with E-state index in [1.54, 1.807) is 24.3 Å². The number of azo groups is 1. The van der Waals surface area contributed by atoms with Crippen LogP contribution in [0.15, 0.2) is 70.9 Å². The Morgan fingerprint density at radius 3 is 2.26 bits per heavy atom. The Hall–Kier alpha value is -2.76. The Bertz CT molecular complexity index is 843. The molecule has 3 aromatic rings. The van der Waals surface area contributed by atoms with E-state index in [1.807, 2.05) is 36.4 Å². The van der Waals surface area contributed by atoms with Crippen LogP contribution in [-0.2, 0) is 0 Å². The molecule has 0 saturated heterocycles. The quantitative estimate of drug-likeness (QED) is 0.637. The van der Waals surface area contributed by atoms with Crippen molar-refractivity contribution < 1.29 is 5.11 Å². The fraction of sp³-hybridized carbons (Fsp3) is 0.111. The molecule has 5 nitrogen and oxygen atoms in total. The summed E-state index contributed by atoms with van der Waals surface area (Å²) in [6.07, 6.45) is 0. The summed E-state index contributed by atoms with van der Waals surface area (Å²) in [6.45, 7) is 0.387. The molecule has 3 aromatic carbocycles. The first-order chi connectivity index (χ1) is 11.2. The molecule has 23 heavy (non-hydrogen) atoms. The van der Waals surface area contributed by atoms with Gasteiger partial charge in [-0.1, -0.05) is 30.3 Å². The largest absolute Gasteiger partial charge is 0.508 e. The number of hydrogen-bond acceptors (Lipinski definition) is 5. The molecule has 0 fully saturated rings. The number of aromatic hydroxyl groups is 1. The molecule has 0 amide bonds. The number of fused-ring (bicyclic) bond motifs is 1. The van der Waals surface area contributed by atoms with Gasteiger partial charge in [0.25, 0.3) is 0 Å². The van der Waals surface area contributed by atoms with Gasteiger partial charge >= 0.3 is 0 Å². The molecule has 116 valence electrons. The van der Waals surface area contributed by atoms with E-state index < -0.39 is 0 Å². The van der Waals surface area contributed by atoms with Crippen LogP contribution in [0, 0.1) is 0 Å². The van der Waals surface area contributed by atoms with E-state index in [2.05, 4.69) is 10.2 Å². The molecule has 0 saturated carbocycles. The molecule has 0 radical (unpaired) electrons. The minimum absolute atomic E-state index is 0.203. The molecule has 1 atom stereocenters. The zero-order valence-electron chi connectivity index (χ0n) is 12.6. The molecule has 5 heteroatoms.